The molecule has 0 saturated heterocycles. The van der Waals surface area contributed by atoms with Crippen molar-refractivity contribution >= 4 is 12.0 Å². The van der Waals surface area contributed by atoms with E-state index in [9.17, 15) is 18.0 Å². The van der Waals surface area contributed by atoms with Crippen molar-refractivity contribution in [1.29, 1.82) is 0 Å². The first-order chi connectivity index (χ1) is 11.7. The smallest absolute Gasteiger partial charge is 0.390 e. The van der Waals surface area contributed by atoms with Gasteiger partial charge in [-0.2, -0.15) is 13.2 Å². The van der Waals surface area contributed by atoms with Gasteiger partial charge in [-0.05, 0) is 44.5 Å². The molecule has 0 N–H and O–H groups in total. The fourth-order valence-electron chi connectivity index (χ4n) is 2.10. The molecule has 25 heavy (non-hydrogen) atoms. The monoisotopic (exact) mass is 359 g/mol. The van der Waals surface area contributed by atoms with Crippen LogP contribution in [0.15, 0.2) is 24.3 Å². The quantitative estimate of drug-likeness (QED) is 0.650. The molecule has 0 aromatic heterocycles. The summed E-state index contributed by atoms with van der Waals surface area (Å²) >= 11 is 0. The summed E-state index contributed by atoms with van der Waals surface area (Å²) in [4.78, 5) is 13.2. The Morgan fingerprint density at radius 3 is 2.48 bits per heavy atom. The van der Waals surface area contributed by atoms with Crippen LogP contribution in [0.2, 0.25) is 0 Å². The average Bonchev–Trinajstić information content (AvgIpc) is 2.52. The Bertz CT molecular complexity index is 598. The van der Waals surface area contributed by atoms with E-state index in [1.54, 1.807) is 31.2 Å². The molecule has 7 heteroatoms. The van der Waals surface area contributed by atoms with Crippen molar-refractivity contribution in [2.75, 3.05) is 20.2 Å². The minimum Gasteiger partial charge on any atom is -0.493 e. The molecule has 0 aliphatic carbocycles. The molecule has 0 heterocycles. The van der Waals surface area contributed by atoms with Crippen molar-refractivity contribution < 1.29 is 27.4 Å². The standard InChI is InChI=1S/C18H24F3NO3/c1-5-22(11-10-18(19,20)21)17(23)9-7-14-6-8-15(25-13(2)3)16(12-14)24-4/h6-9,12-13H,5,10-11H2,1-4H3/b9-7+. The summed E-state index contributed by atoms with van der Waals surface area (Å²) in [5, 5.41) is 0. The van der Waals surface area contributed by atoms with Crippen LogP contribution >= 0.6 is 0 Å². The van der Waals surface area contributed by atoms with Crippen LogP contribution in [0.25, 0.3) is 6.08 Å². The van der Waals surface area contributed by atoms with Crippen LogP contribution in [0.5, 0.6) is 11.5 Å². The Balaban J connectivity index is 2.80. The molecule has 0 bridgehead atoms. The molecule has 1 rings (SSSR count). The highest BCUT2D eigenvalue weighted by Crippen LogP contribution is 2.29. The van der Waals surface area contributed by atoms with Crippen LogP contribution < -0.4 is 9.47 Å². The molecule has 0 aliphatic heterocycles. The van der Waals surface area contributed by atoms with Gasteiger partial charge < -0.3 is 14.4 Å². The third-order valence-electron chi connectivity index (χ3n) is 3.33. The molecule has 0 saturated carbocycles. The molecule has 4 nitrogen and oxygen atoms in total. The Kier molecular flexibility index (Phi) is 7.80. The molecule has 1 aromatic carbocycles. The van der Waals surface area contributed by atoms with Crippen LogP contribution in [0.3, 0.4) is 0 Å². The highest BCUT2D eigenvalue weighted by atomic mass is 19.4. The maximum Gasteiger partial charge on any atom is 0.390 e. The largest absolute Gasteiger partial charge is 0.493 e. The van der Waals surface area contributed by atoms with E-state index in [4.69, 9.17) is 9.47 Å². The third-order valence-corrected chi connectivity index (χ3v) is 3.33. The molecule has 0 spiro atoms. The first-order valence-corrected chi connectivity index (χ1v) is 8.04. The summed E-state index contributed by atoms with van der Waals surface area (Å²) in [7, 11) is 1.51. The van der Waals surface area contributed by atoms with Crippen molar-refractivity contribution in [3.63, 3.8) is 0 Å². The van der Waals surface area contributed by atoms with Crippen LogP contribution in [-0.2, 0) is 4.79 Å². The Hall–Kier alpha value is -2.18. The average molecular weight is 359 g/mol. The lowest BCUT2D eigenvalue weighted by Gasteiger charge is -2.19. The number of hydrogen-bond donors (Lipinski definition) is 0. The van der Waals surface area contributed by atoms with E-state index in [-0.39, 0.29) is 19.2 Å². The molecular weight excluding hydrogens is 335 g/mol. The molecule has 0 fully saturated rings. The summed E-state index contributed by atoms with van der Waals surface area (Å²) in [6, 6.07) is 5.17. The predicted octanol–water partition coefficient (Wildman–Crippen LogP) is 4.30. The van der Waals surface area contributed by atoms with Gasteiger partial charge >= 0.3 is 6.18 Å². The van der Waals surface area contributed by atoms with Crippen molar-refractivity contribution in [3.8, 4) is 11.5 Å². The summed E-state index contributed by atoms with van der Waals surface area (Å²) in [5.41, 5.74) is 0.688. The zero-order valence-corrected chi connectivity index (χ0v) is 14.9. The molecular formula is C18H24F3NO3. The van der Waals surface area contributed by atoms with Gasteiger partial charge in [0.1, 0.15) is 0 Å². The maximum atomic E-state index is 12.3. The van der Waals surface area contributed by atoms with E-state index in [2.05, 4.69) is 0 Å². The Morgan fingerprint density at radius 2 is 1.96 bits per heavy atom. The van der Waals surface area contributed by atoms with E-state index < -0.39 is 18.5 Å². The van der Waals surface area contributed by atoms with Gasteiger partial charge in [0.25, 0.3) is 0 Å². The number of amides is 1. The highest BCUT2D eigenvalue weighted by molar-refractivity contribution is 5.91. The van der Waals surface area contributed by atoms with E-state index >= 15 is 0 Å². The first-order valence-electron chi connectivity index (χ1n) is 8.04. The van der Waals surface area contributed by atoms with Gasteiger partial charge in [-0.25, -0.2) is 0 Å². The fourth-order valence-corrected chi connectivity index (χ4v) is 2.10. The number of carbonyl (C=O) groups excluding carboxylic acids is 1. The van der Waals surface area contributed by atoms with Crippen molar-refractivity contribution in [1.82, 2.24) is 4.90 Å². The molecule has 1 amide bonds. The minimum atomic E-state index is -4.28. The van der Waals surface area contributed by atoms with Crippen molar-refractivity contribution in [2.24, 2.45) is 0 Å². The van der Waals surface area contributed by atoms with E-state index in [0.29, 0.717) is 17.1 Å². The summed E-state index contributed by atoms with van der Waals surface area (Å²) < 4.78 is 47.8. The van der Waals surface area contributed by atoms with Crippen molar-refractivity contribution in [3.05, 3.63) is 29.8 Å². The number of methoxy groups -OCH3 is 1. The fraction of sp³-hybridized carbons (Fsp3) is 0.500. The second-order valence-electron chi connectivity index (χ2n) is 5.69. The Morgan fingerprint density at radius 1 is 1.28 bits per heavy atom. The topological polar surface area (TPSA) is 38.8 Å². The molecule has 0 unspecified atom stereocenters. The number of benzene rings is 1. The number of ether oxygens (including phenoxy) is 2. The van der Waals surface area contributed by atoms with Gasteiger partial charge in [0.2, 0.25) is 5.91 Å². The molecule has 140 valence electrons. The molecule has 0 atom stereocenters. The van der Waals surface area contributed by atoms with Crippen molar-refractivity contribution in [2.45, 2.75) is 39.5 Å². The van der Waals surface area contributed by atoms with E-state index in [0.717, 1.165) is 4.90 Å². The molecule has 0 aliphatic rings. The number of rotatable bonds is 8. The van der Waals surface area contributed by atoms with Crippen LogP contribution in [0.1, 0.15) is 32.8 Å². The number of halogens is 3. The lowest BCUT2D eigenvalue weighted by molar-refractivity contribution is -0.143. The maximum absolute atomic E-state index is 12.3. The van der Waals surface area contributed by atoms with Gasteiger partial charge in [0, 0.05) is 19.2 Å². The minimum absolute atomic E-state index is 0.0105. The second-order valence-corrected chi connectivity index (χ2v) is 5.69. The van der Waals surface area contributed by atoms with Crippen LogP contribution in [0.4, 0.5) is 13.2 Å². The van der Waals surface area contributed by atoms with Gasteiger partial charge in [0.05, 0.1) is 19.6 Å². The van der Waals surface area contributed by atoms with Gasteiger partial charge in [-0.1, -0.05) is 6.07 Å². The zero-order chi connectivity index (χ0) is 19.0. The van der Waals surface area contributed by atoms with E-state index in [1.807, 2.05) is 13.8 Å². The highest BCUT2D eigenvalue weighted by Gasteiger charge is 2.28. The van der Waals surface area contributed by atoms with Gasteiger partial charge in [-0.3, -0.25) is 4.79 Å². The number of alkyl halides is 3. The normalized spacial score (nSPS) is 11.8. The predicted molar refractivity (Wildman–Crippen MR) is 90.7 cm³/mol. The van der Waals surface area contributed by atoms with Crippen LogP contribution in [0, 0.1) is 0 Å². The SMILES string of the molecule is CCN(CCC(F)(F)F)C(=O)/C=C/c1ccc(OC(C)C)c(OC)c1. The second kappa shape index (κ2) is 9.34. The molecule has 1 aromatic rings. The number of likely N-dealkylation sites (N-methyl/N-ethyl adjacent to an activating group) is 1. The zero-order valence-electron chi connectivity index (χ0n) is 14.9. The number of nitrogens with zero attached hydrogens (tertiary/aromatic N) is 1. The first kappa shape index (κ1) is 20.9. The molecule has 0 radical (unpaired) electrons. The number of carbonyl (C=O) groups is 1. The van der Waals surface area contributed by atoms with Gasteiger partial charge in [-0.15, -0.1) is 0 Å². The summed E-state index contributed by atoms with van der Waals surface area (Å²) in [6.07, 6.45) is -2.51. The van der Waals surface area contributed by atoms with E-state index in [1.165, 1.54) is 13.2 Å². The lowest BCUT2D eigenvalue weighted by Crippen LogP contribution is -2.32. The number of hydrogen-bond acceptors (Lipinski definition) is 3. The Labute approximate surface area is 146 Å². The third kappa shape index (κ3) is 7.49. The summed E-state index contributed by atoms with van der Waals surface area (Å²) in [5.74, 6) is 0.641. The van der Waals surface area contributed by atoms with Gasteiger partial charge in [0.15, 0.2) is 11.5 Å². The van der Waals surface area contributed by atoms with Crippen LogP contribution in [-0.4, -0.2) is 43.3 Å². The summed E-state index contributed by atoms with van der Waals surface area (Å²) in [6.45, 7) is 5.29. The lowest BCUT2D eigenvalue weighted by atomic mass is 10.2.